The summed E-state index contributed by atoms with van der Waals surface area (Å²) < 4.78 is 18.9. The molecule has 0 bridgehead atoms. The SMILES string of the molecule is CC(=O)c1ccccc1Oc1cccc(F)c1C#N. The monoisotopic (exact) mass is 255 g/mol. The zero-order valence-corrected chi connectivity index (χ0v) is 10.2. The molecule has 3 nitrogen and oxygen atoms in total. The predicted molar refractivity (Wildman–Crippen MR) is 67.6 cm³/mol. The maximum Gasteiger partial charge on any atom is 0.163 e. The van der Waals surface area contributed by atoms with Crippen molar-refractivity contribution in [3.8, 4) is 17.6 Å². The molecule has 0 heterocycles. The van der Waals surface area contributed by atoms with Gasteiger partial charge >= 0.3 is 0 Å². The van der Waals surface area contributed by atoms with Crippen LogP contribution in [0.15, 0.2) is 42.5 Å². The second-order valence-electron chi connectivity index (χ2n) is 3.88. The van der Waals surface area contributed by atoms with E-state index in [-0.39, 0.29) is 17.1 Å². The van der Waals surface area contributed by atoms with Crippen molar-refractivity contribution in [3.63, 3.8) is 0 Å². The van der Waals surface area contributed by atoms with Crippen LogP contribution in [0.2, 0.25) is 0 Å². The molecule has 0 saturated carbocycles. The first-order chi connectivity index (χ1) is 9.13. The fraction of sp³-hybridized carbons (Fsp3) is 0.0667. The number of rotatable bonds is 3. The van der Waals surface area contributed by atoms with Gasteiger partial charge < -0.3 is 4.74 Å². The van der Waals surface area contributed by atoms with Crippen molar-refractivity contribution in [2.45, 2.75) is 6.92 Å². The number of ketones is 1. The first-order valence-electron chi connectivity index (χ1n) is 5.60. The molecule has 0 N–H and O–H groups in total. The Balaban J connectivity index is 2.46. The van der Waals surface area contributed by atoms with Crippen molar-refractivity contribution in [3.05, 3.63) is 59.4 Å². The summed E-state index contributed by atoms with van der Waals surface area (Å²) in [6.07, 6.45) is 0. The molecule has 2 aromatic rings. The summed E-state index contributed by atoms with van der Waals surface area (Å²) in [7, 11) is 0. The molecule has 0 spiro atoms. The summed E-state index contributed by atoms with van der Waals surface area (Å²) in [5.74, 6) is -0.417. The Hall–Kier alpha value is -2.67. The lowest BCUT2D eigenvalue weighted by Crippen LogP contribution is -1.98. The van der Waals surface area contributed by atoms with Gasteiger partial charge in [-0.25, -0.2) is 4.39 Å². The van der Waals surface area contributed by atoms with E-state index in [2.05, 4.69) is 0 Å². The number of hydrogen-bond donors (Lipinski definition) is 0. The van der Waals surface area contributed by atoms with E-state index in [0.29, 0.717) is 11.3 Å². The van der Waals surface area contributed by atoms with Gasteiger partial charge in [-0.1, -0.05) is 18.2 Å². The first kappa shape index (κ1) is 12.8. The van der Waals surface area contributed by atoms with Crippen molar-refractivity contribution in [2.75, 3.05) is 0 Å². The molecule has 0 radical (unpaired) electrons. The summed E-state index contributed by atoms with van der Waals surface area (Å²) in [5, 5.41) is 8.92. The van der Waals surface area contributed by atoms with Crippen molar-refractivity contribution in [1.82, 2.24) is 0 Å². The van der Waals surface area contributed by atoms with Crippen LogP contribution >= 0.6 is 0 Å². The molecule has 0 fully saturated rings. The lowest BCUT2D eigenvalue weighted by atomic mass is 10.1. The Bertz CT molecular complexity index is 674. The summed E-state index contributed by atoms with van der Waals surface area (Å²) in [5.41, 5.74) is 0.205. The first-order valence-corrected chi connectivity index (χ1v) is 5.60. The number of ether oxygens (including phenoxy) is 1. The van der Waals surface area contributed by atoms with E-state index >= 15 is 0 Å². The molecule has 0 amide bonds. The average Bonchev–Trinajstić information content (AvgIpc) is 2.39. The van der Waals surface area contributed by atoms with E-state index in [4.69, 9.17) is 10.00 Å². The van der Waals surface area contributed by atoms with Crippen LogP contribution in [0.3, 0.4) is 0 Å². The van der Waals surface area contributed by atoms with Gasteiger partial charge in [-0.15, -0.1) is 0 Å². The van der Waals surface area contributed by atoms with E-state index < -0.39 is 5.82 Å². The van der Waals surface area contributed by atoms with Gasteiger partial charge in [-0.2, -0.15) is 5.26 Å². The van der Waals surface area contributed by atoms with Crippen LogP contribution < -0.4 is 4.74 Å². The Morgan fingerprint density at radius 1 is 1.16 bits per heavy atom. The van der Waals surface area contributed by atoms with Gasteiger partial charge in [0.15, 0.2) is 5.78 Å². The molecule has 0 aliphatic carbocycles. The molecule has 94 valence electrons. The fourth-order valence-electron chi connectivity index (χ4n) is 1.66. The fourth-order valence-corrected chi connectivity index (χ4v) is 1.66. The molecular weight excluding hydrogens is 245 g/mol. The van der Waals surface area contributed by atoms with Gasteiger partial charge in [0.25, 0.3) is 0 Å². The highest BCUT2D eigenvalue weighted by molar-refractivity contribution is 5.96. The molecule has 0 aliphatic heterocycles. The van der Waals surface area contributed by atoms with Crippen molar-refractivity contribution < 1.29 is 13.9 Å². The number of halogens is 1. The van der Waals surface area contributed by atoms with Crippen molar-refractivity contribution >= 4 is 5.78 Å². The van der Waals surface area contributed by atoms with Gasteiger partial charge in [0.2, 0.25) is 0 Å². The smallest absolute Gasteiger partial charge is 0.163 e. The van der Waals surface area contributed by atoms with Crippen LogP contribution in [-0.2, 0) is 0 Å². The number of nitrogens with zero attached hydrogens (tertiary/aromatic N) is 1. The molecule has 4 heteroatoms. The third-order valence-electron chi connectivity index (χ3n) is 2.57. The molecule has 0 atom stereocenters. The Morgan fingerprint density at radius 2 is 1.84 bits per heavy atom. The maximum atomic E-state index is 13.4. The second-order valence-corrected chi connectivity index (χ2v) is 3.88. The van der Waals surface area contributed by atoms with E-state index in [9.17, 15) is 9.18 Å². The molecular formula is C15H10FNO2. The highest BCUT2D eigenvalue weighted by Crippen LogP contribution is 2.29. The van der Waals surface area contributed by atoms with Crippen molar-refractivity contribution in [1.29, 1.82) is 5.26 Å². The van der Waals surface area contributed by atoms with E-state index in [1.54, 1.807) is 30.3 Å². The Labute approximate surface area is 109 Å². The number of carbonyl (C=O) groups is 1. The molecule has 0 saturated heterocycles. The Morgan fingerprint density at radius 3 is 2.53 bits per heavy atom. The van der Waals surface area contributed by atoms with Gasteiger partial charge in [0, 0.05) is 0 Å². The predicted octanol–water partition coefficient (Wildman–Crippen LogP) is 3.69. The zero-order valence-electron chi connectivity index (χ0n) is 10.2. The highest BCUT2D eigenvalue weighted by atomic mass is 19.1. The van der Waals surface area contributed by atoms with Gasteiger partial charge in [0.05, 0.1) is 5.56 Å². The number of Topliss-reactive ketones (excluding diaryl/α,β-unsaturated/α-hetero) is 1. The molecule has 0 aromatic heterocycles. The molecule has 2 aromatic carbocycles. The summed E-state index contributed by atoms with van der Waals surface area (Å²) >= 11 is 0. The van der Waals surface area contributed by atoms with Gasteiger partial charge in [-0.3, -0.25) is 4.79 Å². The summed E-state index contributed by atoms with van der Waals surface area (Å²) in [4.78, 5) is 11.5. The largest absolute Gasteiger partial charge is 0.455 e. The number of para-hydroxylation sites is 1. The summed E-state index contributed by atoms with van der Waals surface area (Å²) in [6, 6.07) is 12.5. The normalized spacial score (nSPS) is 9.74. The van der Waals surface area contributed by atoms with Crippen LogP contribution in [0.5, 0.6) is 11.5 Å². The lowest BCUT2D eigenvalue weighted by Gasteiger charge is -2.10. The number of nitriles is 1. The Kier molecular flexibility index (Phi) is 3.58. The third-order valence-corrected chi connectivity index (χ3v) is 2.57. The van der Waals surface area contributed by atoms with Crippen LogP contribution in [-0.4, -0.2) is 5.78 Å². The molecule has 0 unspecified atom stereocenters. The third kappa shape index (κ3) is 2.61. The van der Waals surface area contributed by atoms with E-state index in [0.717, 1.165) is 0 Å². The zero-order chi connectivity index (χ0) is 13.8. The minimum absolute atomic E-state index is 0.0937. The lowest BCUT2D eigenvalue weighted by molar-refractivity contribution is 0.101. The van der Waals surface area contributed by atoms with Crippen molar-refractivity contribution in [2.24, 2.45) is 0 Å². The number of hydrogen-bond acceptors (Lipinski definition) is 3. The highest BCUT2D eigenvalue weighted by Gasteiger charge is 2.13. The van der Waals surface area contributed by atoms with E-state index in [1.165, 1.54) is 25.1 Å². The van der Waals surface area contributed by atoms with Crippen LogP contribution in [0.4, 0.5) is 4.39 Å². The second kappa shape index (κ2) is 5.32. The minimum Gasteiger partial charge on any atom is -0.455 e. The number of carbonyl (C=O) groups excluding carboxylic acids is 1. The van der Waals surface area contributed by atoms with Gasteiger partial charge in [0.1, 0.15) is 28.9 Å². The summed E-state index contributed by atoms with van der Waals surface area (Å²) in [6.45, 7) is 1.42. The van der Waals surface area contributed by atoms with Gasteiger partial charge in [-0.05, 0) is 31.2 Å². The van der Waals surface area contributed by atoms with Crippen LogP contribution in [0, 0.1) is 17.1 Å². The van der Waals surface area contributed by atoms with Crippen LogP contribution in [0.25, 0.3) is 0 Å². The number of benzene rings is 2. The maximum absolute atomic E-state index is 13.4. The van der Waals surface area contributed by atoms with Crippen LogP contribution in [0.1, 0.15) is 22.8 Å². The molecule has 19 heavy (non-hydrogen) atoms. The average molecular weight is 255 g/mol. The standard InChI is InChI=1S/C15H10FNO2/c1-10(18)11-5-2-3-7-14(11)19-15-8-4-6-13(16)12(15)9-17/h2-8H,1H3. The van der Waals surface area contributed by atoms with E-state index in [1.807, 2.05) is 0 Å². The topological polar surface area (TPSA) is 50.1 Å². The molecule has 0 aliphatic rings. The molecule has 2 rings (SSSR count). The minimum atomic E-state index is -0.652. The quantitative estimate of drug-likeness (QED) is 0.786.